The number of halogens is 3. The Hall–Kier alpha value is -4.17. The molecule has 6 atom stereocenters. The first kappa shape index (κ1) is 33.9. The third kappa shape index (κ3) is 5.14. The van der Waals surface area contributed by atoms with Crippen LogP contribution in [0.15, 0.2) is 94.9 Å². The molecule has 8 rings (SSSR count). The van der Waals surface area contributed by atoms with E-state index >= 15 is 4.79 Å². The summed E-state index contributed by atoms with van der Waals surface area (Å²) >= 11 is 14.8. The van der Waals surface area contributed by atoms with Crippen LogP contribution in [0.2, 0.25) is 10.0 Å². The Morgan fingerprint density at radius 2 is 1.69 bits per heavy atom. The minimum atomic E-state index is -1.56. The second kappa shape index (κ2) is 12.8. The van der Waals surface area contributed by atoms with Gasteiger partial charge in [-0.05, 0) is 114 Å². The maximum Gasteiger partial charge on any atom is 0.260 e. The molecule has 2 aliphatic heterocycles. The number of imide groups is 2. The van der Waals surface area contributed by atoms with E-state index < -0.39 is 46.8 Å². The predicted molar refractivity (Wildman–Crippen MR) is 197 cm³/mol. The second-order valence-corrected chi connectivity index (χ2v) is 15.3. The molecule has 3 heterocycles. The fraction of sp³-hybridized carbons (Fsp3) is 0.263. The Balaban J connectivity index is 1.31. The molecule has 4 aromatic rings. The third-order valence-electron chi connectivity index (χ3n) is 10.8. The number of rotatable bonds is 7. The normalized spacial score (nSPS) is 26.9. The van der Waals surface area contributed by atoms with Crippen molar-refractivity contribution in [2.45, 2.75) is 30.8 Å². The Kier molecular flexibility index (Phi) is 8.52. The van der Waals surface area contributed by atoms with Gasteiger partial charge in [-0.15, -0.1) is 0 Å². The Morgan fingerprint density at radius 1 is 0.941 bits per heavy atom. The number of hydrogen-bond acceptors (Lipinski definition) is 8. The molecular weight excluding hydrogens is 808 g/mol. The zero-order valence-corrected chi connectivity index (χ0v) is 30.7. The number of anilines is 2. The molecule has 10 nitrogen and oxygen atoms in total. The first-order valence-corrected chi connectivity index (χ1v) is 18.2. The number of ether oxygens (including phenoxy) is 1. The summed E-state index contributed by atoms with van der Waals surface area (Å²) in [5.41, 5.74) is 3.48. The van der Waals surface area contributed by atoms with E-state index in [-0.39, 0.29) is 42.0 Å². The quantitative estimate of drug-likeness (QED) is 0.117. The first-order chi connectivity index (χ1) is 24.6. The molecule has 2 aliphatic carbocycles. The number of aliphatic hydroxyl groups excluding tert-OH is 1. The van der Waals surface area contributed by atoms with E-state index in [2.05, 4.69) is 28.0 Å². The number of amides is 4. The number of furan rings is 1. The fourth-order valence-electron chi connectivity index (χ4n) is 8.63. The number of hydrogen-bond donors (Lipinski definition) is 2. The first-order valence-electron chi connectivity index (χ1n) is 16.4. The molecule has 3 aromatic carbocycles. The molecule has 0 bridgehead atoms. The SMILES string of the molecule is COc1ccc(C23C(=O)N(Nc4ccc(Cl)cc4Cl)C(=O)C2CC2C(=CCC4C(=O)N(c5ccc(I)cc5)C(=O)C42)C3c2ccc(CO)o2)cc1. The number of benzene rings is 3. The molecule has 13 heteroatoms. The van der Waals surface area contributed by atoms with Gasteiger partial charge in [-0.1, -0.05) is 47.0 Å². The molecule has 2 saturated heterocycles. The van der Waals surface area contributed by atoms with Crippen LogP contribution in [0.5, 0.6) is 5.75 Å². The summed E-state index contributed by atoms with van der Waals surface area (Å²) in [5, 5.41) is 11.6. The van der Waals surface area contributed by atoms with E-state index in [1.54, 1.807) is 60.7 Å². The van der Waals surface area contributed by atoms with Gasteiger partial charge in [-0.2, -0.15) is 5.01 Å². The minimum Gasteiger partial charge on any atom is -0.497 e. The van der Waals surface area contributed by atoms with Crippen LogP contribution in [0.1, 0.15) is 35.8 Å². The molecule has 1 aromatic heterocycles. The van der Waals surface area contributed by atoms with Gasteiger partial charge in [0.05, 0.1) is 47.2 Å². The number of hydrazine groups is 1. The number of fused-ring (bicyclic) bond motifs is 4. The molecule has 0 radical (unpaired) electrons. The van der Waals surface area contributed by atoms with Gasteiger partial charge >= 0.3 is 0 Å². The molecule has 2 N–H and O–H groups in total. The van der Waals surface area contributed by atoms with Crippen LogP contribution >= 0.6 is 45.8 Å². The van der Waals surface area contributed by atoms with Gasteiger partial charge in [0.2, 0.25) is 11.8 Å². The van der Waals surface area contributed by atoms with Crippen molar-refractivity contribution < 1.29 is 33.4 Å². The van der Waals surface area contributed by atoms with Crippen molar-refractivity contribution in [1.82, 2.24) is 5.01 Å². The predicted octanol–water partition coefficient (Wildman–Crippen LogP) is 6.88. The number of carbonyl (C=O) groups is 4. The molecule has 0 spiro atoms. The van der Waals surface area contributed by atoms with Gasteiger partial charge < -0.3 is 14.3 Å². The number of nitrogens with zero attached hydrogens (tertiary/aromatic N) is 2. The molecule has 51 heavy (non-hydrogen) atoms. The third-order valence-corrected chi connectivity index (χ3v) is 12.1. The highest BCUT2D eigenvalue weighted by atomic mass is 127. The van der Waals surface area contributed by atoms with E-state index in [0.717, 1.165) is 14.2 Å². The Morgan fingerprint density at radius 3 is 2.35 bits per heavy atom. The topological polar surface area (TPSA) is 129 Å². The maximum absolute atomic E-state index is 15.2. The number of methoxy groups -OCH3 is 1. The summed E-state index contributed by atoms with van der Waals surface area (Å²) in [6.45, 7) is -0.382. The highest BCUT2D eigenvalue weighted by Crippen LogP contribution is 2.64. The smallest absolute Gasteiger partial charge is 0.260 e. The summed E-state index contributed by atoms with van der Waals surface area (Å²) in [6, 6.07) is 22.2. The standard InChI is InChI=1S/C38H30Cl2IN3O7/c1-50-23-9-2-19(3-10-23)38-28(35(47)44(37(38)49)42-30-14-4-20(39)16-29(30)40)17-27-25(33(38)31-15-11-24(18-45)51-31)12-13-26-32(27)36(48)43(34(26)46)22-7-5-21(41)6-8-22/h2-12,14-16,26-28,32-33,42,45H,13,17-18H2,1H3. The molecular formula is C38H30Cl2IN3O7. The van der Waals surface area contributed by atoms with Crippen LogP contribution in [-0.2, 0) is 31.2 Å². The summed E-state index contributed by atoms with van der Waals surface area (Å²) in [5.74, 6) is -4.37. The van der Waals surface area contributed by atoms with Crippen LogP contribution in [0.4, 0.5) is 11.4 Å². The van der Waals surface area contributed by atoms with Crippen LogP contribution in [0, 0.1) is 27.2 Å². The minimum absolute atomic E-state index is 0.111. The lowest BCUT2D eigenvalue weighted by Gasteiger charge is -2.49. The van der Waals surface area contributed by atoms with Crippen molar-refractivity contribution in [2.75, 3.05) is 17.4 Å². The van der Waals surface area contributed by atoms with Crippen molar-refractivity contribution >= 4 is 80.8 Å². The monoisotopic (exact) mass is 837 g/mol. The summed E-state index contributed by atoms with van der Waals surface area (Å²) in [7, 11) is 1.54. The summed E-state index contributed by atoms with van der Waals surface area (Å²) < 4.78 is 12.6. The van der Waals surface area contributed by atoms with Gasteiger partial charge in [0.1, 0.15) is 29.3 Å². The molecule has 1 saturated carbocycles. The molecule has 4 aliphatic rings. The van der Waals surface area contributed by atoms with Crippen LogP contribution in [0.3, 0.4) is 0 Å². The van der Waals surface area contributed by atoms with Crippen LogP contribution in [0.25, 0.3) is 0 Å². The molecule has 3 fully saturated rings. The van der Waals surface area contributed by atoms with Crippen molar-refractivity contribution in [3.05, 3.63) is 121 Å². The van der Waals surface area contributed by atoms with Crippen molar-refractivity contribution in [3.8, 4) is 5.75 Å². The number of allylic oxidation sites excluding steroid dienone is 2. The highest BCUT2D eigenvalue weighted by molar-refractivity contribution is 14.1. The Labute approximate surface area is 316 Å². The zero-order valence-electron chi connectivity index (χ0n) is 27.0. The Bertz CT molecular complexity index is 2140. The zero-order chi connectivity index (χ0) is 35.8. The van der Waals surface area contributed by atoms with E-state index in [0.29, 0.717) is 33.5 Å². The van der Waals surface area contributed by atoms with Gasteiger partial charge in [-0.25, -0.2) is 0 Å². The van der Waals surface area contributed by atoms with Crippen LogP contribution in [-0.4, -0.2) is 40.9 Å². The van der Waals surface area contributed by atoms with Crippen molar-refractivity contribution in [3.63, 3.8) is 0 Å². The average molecular weight is 838 g/mol. The number of nitrogens with one attached hydrogen (secondary N) is 1. The van der Waals surface area contributed by atoms with Crippen LogP contribution < -0.4 is 15.1 Å². The van der Waals surface area contributed by atoms with Crippen molar-refractivity contribution in [1.29, 1.82) is 0 Å². The van der Waals surface area contributed by atoms with E-state index in [1.807, 2.05) is 18.2 Å². The lowest BCUT2D eigenvalue weighted by molar-refractivity contribution is -0.138. The van der Waals surface area contributed by atoms with E-state index in [1.165, 1.54) is 18.1 Å². The largest absolute Gasteiger partial charge is 0.497 e. The highest BCUT2D eigenvalue weighted by Gasteiger charge is 2.71. The van der Waals surface area contributed by atoms with Gasteiger partial charge in [-0.3, -0.25) is 29.5 Å². The lowest BCUT2D eigenvalue weighted by atomic mass is 9.50. The second-order valence-electron chi connectivity index (χ2n) is 13.2. The maximum atomic E-state index is 15.2. The molecule has 4 amide bonds. The molecule has 260 valence electrons. The summed E-state index contributed by atoms with van der Waals surface area (Å²) in [6.07, 6.45) is 2.32. The van der Waals surface area contributed by atoms with Gasteiger partial charge in [0.25, 0.3) is 11.8 Å². The fourth-order valence-corrected chi connectivity index (χ4v) is 9.44. The number of carbonyl (C=O) groups excluding carboxylic acids is 4. The average Bonchev–Trinajstić information content (AvgIpc) is 3.77. The van der Waals surface area contributed by atoms with Gasteiger partial charge in [0, 0.05) is 8.59 Å². The lowest BCUT2D eigenvalue weighted by Crippen LogP contribution is -2.53. The van der Waals surface area contributed by atoms with Crippen molar-refractivity contribution in [2.24, 2.45) is 23.7 Å². The van der Waals surface area contributed by atoms with Gasteiger partial charge in [0.15, 0.2) is 0 Å². The summed E-state index contributed by atoms with van der Waals surface area (Å²) in [4.78, 5) is 59.7. The van der Waals surface area contributed by atoms with E-state index in [4.69, 9.17) is 32.4 Å². The molecule has 6 unspecified atom stereocenters. The number of aliphatic hydroxyl groups is 1. The van der Waals surface area contributed by atoms with E-state index in [9.17, 15) is 19.5 Å².